The van der Waals surface area contributed by atoms with Crippen LogP contribution in [0.3, 0.4) is 0 Å². The predicted molar refractivity (Wildman–Crippen MR) is 171 cm³/mol. The SMILES string of the molecule is C[C@]1(CO)CC[C@]2(C(=O)O)CC[C@]3(C)C(=C[C@@H]4CCC[C@]35CC[C@@H]3[C@](C)(CO)[C@H](O[C@@H]6OC[C@@H](O)[C@H](O)[C@H]6O)[C@H](O)C[C@]3(C)[C@@H]45)[C@@H]2C1. The Labute approximate surface area is 278 Å². The highest BCUT2D eigenvalue weighted by Crippen LogP contribution is 2.79. The largest absolute Gasteiger partial charge is 0.481 e. The van der Waals surface area contributed by atoms with Gasteiger partial charge >= 0.3 is 5.97 Å². The zero-order valence-corrected chi connectivity index (χ0v) is 28.6. The van der Waals surface area contributed by atoms with Gasteiger partial charge in [-0.25, -0.2) is 0 Å². The van der Waals surface area contributed by atoms with Crippen molar-refractivity contribution in [2.24, 2.45) is 56.2 Å². The molecule has 7 aliphatic rings. The van der Waals surface area contributed by atoms with Crippen LogP contribution in [0.15, 0.2) is 11.6 Å². The molecule has 0 aromatic heterocycles. The van der Waals surface area contributed by atoms with Crippen LogP contribution in [0.4, 0.5) is 0 Å². The standard InChI is InChI=1S/C37H58O10/c1-32(18-38)10-12-36(31(44)45)13-11-35(4)21(22(36)15-32)14-20-6-5-8-37(35)9-7-25-33(2,28(20)37)16-23(40)29(34(25,3)19-39)47-30-27(43)26(42)24(41)17-46-30/h14,20,22-30,38-43H,5-13,15-19H2,1-4H3,(H,44,45)/t20-,22-,23+,24+,25-,26-,27+,28+,29+,30-,32-,33-,34-,35+,36-,37+/m0/s1. The van der Waals surface area contributed by atoms with Gasteiger partial charge in [-0.05, 0) is 110 Å². The molecule has 7 rings (SSSR count). The molecule has 1 saturated heterocycles. The van der Waals surface area contributed by atoms with Crippen LogP contribution in [0, 0.1) is 56.2 Å². The monoisotopic (exact) mass is 662 g/mol. The zero-order valence-electron chi connectivity index (χ0n) is 28.6. The molecule has 0 amide bonds. The van der Waals surface area contributed by atoms with E-state index in [1.807, 2.05) is 6.92 Å². The minimum absolute atomic E-state index is 0.00372. The smallest absolute Gasteiger partial charge is 0.310 e. The van der Waals surface area contributed by atoms with Crippen LogP contribution in [0.25, 0.3) is 0 Å². The maximum Gasteiger partial charge on any atom is 0.310 e. The molecule has 0 spiro atoms. The maximum absolute atomic E-state index is 13.1. The van der Waals surface area contributed by atoms with E-state index >= 15 is 0 Å². The van der Waals surface area contributed by atoms with Crippen molar-refractivity contribution in [3.8, 4) is 0 Å². The second kappa shape index (κ2) is 11.2. The van der Waals surface area contributed by atoms with E-state index < -0.39 is 53.6 Å². The van der Waals surface area contributed by atoms with Crippen LogP contribution in [0.1, 0.15) is 98.3 Å². The summed E-state index contributed by atoms with van der Waals surface area (Å²) in [7, 11) is 0. The van der Waals surface area contributed by atoms with Crippen LogP contribution in [-0.2, 0) is 14.3 Å². The quantitative estimate of drug-likeness (QED) is 0.171. The summed E-state index contributed by atoms with van der Waals surface area (Å²) in [6, 6.07) is 0. The van der Waals surface area contributed by atoms with E-state index in [9.17, 15) is 40.5 Å². The summed E-state index contributed by atoms with van der Waals surface area (Å²) in [5.74, 6) is -0.353. The van der Waals surface area contributed by atoms with Crippen molar-refractivity contribution < 1.29 is 50.0 Å². The summed E-state index contributed by atoms with van der Waals surface area (Å²) >= 11 is 0. The van der Waals surface area contributed by atoms with Gasteiger partial charge in [0, 0.05) is 12.0 Å². The van der Waals surface area contributed by atoms with Crippen molar-refractivity contribution >= 4 is 5.97 Å². The molecule has 0 aromatic rings. The third-order valence-corrected chi connectivity index (χ3v) is 16.0. The molecule has 1 heterocycles. The van der Waals surface area contributed by atoms with Gasteiger partial charge in [0.25, 0.3) is 0 Å². The zero-order chi connectivity index (χ0) is 33.9. The minimum atomic E-state index is -1.49. The molecule has 7 N–H and O–H groups in total. The number of hydrogen-bond acceptors (Lipinski definition) is 9. The summed E-state index contributed by atoms with van der Waals surface area (Å²) in [5.41, 5.74) is -1.27. The molecule has 10 heteroatoms. The Morgan fingerprint density at radius 1 is 0.894 bits per heavy atom. The summed E-state index contributed by atoms with van der Waals surface area (Å²) in [4.78, 5) is 13.1. The van der Waals surface area contributed by atoms with Crippen molar-refractivity contribution in [1.82, 2.24) is 0 Å². The fraction of sp³-hybridized carbons (Fsp3) is 0.919. The minimum Gasteiger partial charge on any atom is -0.481 e. The van der Waals surface area contributed by atoms with Gasteiger partial charge in [-0.15, -0.1) is 0 Å². The Morgan fingerprint density at radius 2 is 1.62 bits per heavy atom. The van der Waals surface area contributed by atoms with Crippen LogP contribution >= 0.6 is 0 Å². The molecule has 0 radical (unpaired) electrons. The Bertz CT molecular complexity index is 1290. The van der Waals surface area contributed by atoms with Gasteiger partial charge in [0.05, 0.1) is 30.8 Å². The molecule has 266 valence electrons. The first-order valence-corrected chi connectivity index (χ1v) is 18.2. The van der Waals surface area contributed by atoms with E-state index in [0.29, 0.717) is 25.7 Å². The third kappa shape index (κ3) is 4.47. The van der Waals surface area contributed by atoms with E-state index in [1.54, 1.807) is 0 Å². The van der Waals surface area contributed by atoms with E-state index in [1.165, 1.54) is 5.57 Å². The number of allylic oxidation sites excluding steroid dienone is 2. The van der Waals surface area contributed by atoms with Gasteiger partial charge < -0.3 is 45.2 Å². The molecule has 0 unspecified atom stereocenters. The summed E-state index contributed by atoms with van der Waals surface area (Å²) in [6.07, 6.45) is 4.11. The first-order valence-electron chi connectivity index (χ1n) is 18.2. The molecule has 10 nitrogen and oxygen atoms in total. The maximum atomic E-state index is 13.1. The Morgan fingerprint density at radius 3 is 2.30 bits per heavy atom. The second-order valence-electron chi connectivity index (χ2n) is 18.2. The average Bonchev–Trinajstić information content (AvgIpc) is 3.03. The van der Waals surface area contributed by atoms with Crippen LogP contribution in [0.2, 0.25) is 0 Å². The molecule has 6 fully saturated rings. The average molecular weight is 663 g/mol. The number of aliphatic carboxylic acids is 1. The lowest BCUT2D eigenvalue weighted by atomic mass is 9.29. The predicted octanol–water partition coefficient (Wildman–Crippen LogP) is 3.00. The highest BCUT2D eigenvalue weighted by atomic mass is 16.7. The number of aliphatic hydroxyl groups is 6. The molecule has 2 bridgehead atoms. The Kier molecular flexibility index (Phi) is 8.18. The van der Waals surface area contributed by atoms with Crippen LogP contribution < -0.4 is 0 Å². The number of rotatable bonds is 5. The topological polar surface area (TPSA) is 177 Å². The first-order chi connectivity index (χ1) is 22.1. The first kappa shape index (κ1) is 34.3. The summed E-state index contributed by atoms with van der Waals surface area (Å²) in [6.45, 7) is 8.43. The van der Waals surface area contributed by atoms with Gasteiger partial charge in [0.1, 0.15) is 18.3 Å². The lowest BCUT2D eigenvalue weighted by Crippen LogP contribution is -2.71. The van der Waals surface area contributed by atoms with E-state index in [4.69, 9.17) is 9.47 Å². The molecule has 47 heavy (non-hydrogen) atoms. The summed E-state index contributed by atoms with van der Waals surface area (Å²) < 4.78 is 11.9. The van der Waals surface area contributed by atoms with E-state index in [-0.39, 0.29) is 65.2 Å². The number of carboxylic acids is 1. The summed E-state index contributed by atoms with van der Waals surface area (Å²) in [5, 5.41) is 75.2. The van der Waals surface area contributed by atoms with Gasteiger partial charge in [-0.2, -0.15) is 0 Å². The van der Waals surface area contributed by atoms with E-state index in [2.05, 4.69) is 26.8 Å². The van der Waals surface area contributed by atoms with Crippen molar-refractivity contribution in [2.45, 2.75) is 135 Å². The normalized spacial score (nSPS) is 57.1. The van der Waals surface area contributed by atoms with Crippen LogP contribution in [-0.4, -0.2) is 98.3 Å². The van der Waals surface area contributed by atoms with E-state index in [0.717, 1.165) is 44.9 Å². The lowest BCUT2D eigenvalue weighted by molar-refractivity contribution is -0.331. The Hall–Kier alpha value is -1.11. The third-order valence-electron chi connectivity index (χ3n) is 16.0. The van der Waals surface area contributed by atoms with Crippen molar-refractivity contribution in [1.29, 1.82) is 0 Å². The molecule has 6 aliphatic carbocycles. The fourth-order valence-electron chi connectivity index (χ4n) is 13.6. The molecule has 1 aliphatic heterocycles. The van der Waals surface area contributed by atoms with Gasteiger partial charge in [-0.3, -0.25) is 4.79 Å². The number of hydrogen-bond donors (Lipinski definition) is 7. The lowest BCUT2D eigenvalue weighted by Gasteiger charge is -2.75. The number of carbonyl (C=O) groups is 1. The molecule has 5 saturated carbocycles. The molecule has 16 atom stereocenters. The highest BCUT2D eigenvalue weighted by Gasteiger charge is 2.74. The second-order valence-corrected chi connectivity index (χ2v) is 18.2. The molecular formula is C37H58O10. The van der Waals surface area contributed by atoms with Gasteiger partial charge in [-0.1, -0.05) is 45.8 Å². The van der Waals surface area contributed by atoms with Gasteiger partial charge in [0.2, 0.25) is 0 Å². The number of ether oxygens (including phenoxy) is 2. The van der Waals surface area contributed by atoms with Crippen LogP contribution in [0.5, 0.6) is 0 Å². The highest BCUT2D eigenvalue weighted by molar-refractivity contribution is 5.76. The van der Waals surface area contributed by atoms with Crippen molar-refractivity contribution in [3.63, 3.8) is 0 Å². The molecule has 0 aromatic carbocycles. The molecular weight excluding hydrogens is 604 g/mol. The fourth-order valence-corrected chi connectivity index (χ4v) is 13.6. The van der Waals surface area contributed by atoms with Gasteiger partial charge in [0.15, 0.2) is 6.29 Å². The number of aliphatic hydroxyl groups excluding tert-OH is 6. The Balaban J connectivity index is 1.28. The van der Waals surface area contributed by atoms with Crippen molar-refractivity contribution in [2.75, 3.05) is 19.8 Å². The van der Waals surface area contributed by atoms with Crippen molar-refractivity contribution in [3.05, 3.63) is 11.6 Å². The number of carboxylic acid groups (broad SMARTS) is 1. The number of fused-ring (bicyclic) bond motifs is 4.